The molecule has 0 unspecified atom stereocenters. The van der Waals surface area contributed by atoms with E-state index in [1.54, 1.807) is 36.2 Å². The molecule has 5 heteroatoms. The highest BCUT2D eigenvalue weighted by Gasteiger charge is 2.13. The standard InChI is InChI=1S/C19H22N2O3/c1-21(14-15-8-4-3-5-9-15)18(22)12-13-20-19(23)16-10-6-7-11-17(16)24-2/h3-11H,12-14H2,1-2H3,(H,20,23). The van der Waals surface area contributed by atoms with Gasteiger partial charge in [-0.2, -0.15) is 0 Å². The maximum Gasteiger partial charge on any atom is 0.255 e. The summed E-state index contributed by atoms with van der Waals surface area (Å²) in [6.45, 7) is 0.842. The Balaban J connectivity index is 1.80. The van der Waals surface area contributed by atoms with Gasteiger partial charge in [0, 0.05) is 26.6 Å². The Bertz CT molecular complexity index is 686. The zero-order valence-electron chi connectivity index (χ0n) is 14.0. The lowest BCUT2D eigenvalue weighted by Gasteiger charge is -2.17. The molecule has 0 spiro atoms. The van der Waals surface area contributed by atoms with Crippen LogP contribution in [0.4, 0.5) is 0 Å². The van der Waals surface area contributed by atoms with Gasteiger partial charge >= 0.3 is 0 Å². The number of hydrogen-bond donors (Lipinski definition) is 1. The van der Waals surface area contributed by atoms with E-state index in [0.29, 0.717) is 17.9 Å². The number of para-hydroxylation sites is 1. The minimum Gasteiger partial charge on any atom is -0.496 e. The second-order valence-electron chi connectivity index (χ2n) is 5.44. The topological polar surface area (TPSA) is 58.6 Å². The molecule has 1 N–H and O–H groups in total. The van der Waals surface area contributed by atoms with Crippen LogP contribution in [0, 0.1) is 0 Å². The summed E-state index contributed by atoms with van der Waals surface area (Å²) in [5.74, 6) is 0.257. The number of amides is 2. The number of ether oxygens (including phenoxy) is 1. The summed E-state index contributed by atoms with van der Waals surface area (Å²) in [4.78, 5) is 25.9. The minimum atomic E-state index is -0.244. The van der Waals surface area contributed by atoms with Gasteiger partial charge in [0.05, 0.1) is 12.7 Å². The lowest BCUT2D eigenvalue weighted by molar-refractivity contribution is -0.130. The second-order valence-corrected chi connectivity index (χ2v) is 5.44. The zero-order valence-corrected chi connectivity index (χ0v) is 14.0. The number of nitrogens with zero attached hydrogens (tertiary/aromatic N) is 1. The highest BCUT2D eigenvalue weighted by molar-refractivity contribution is 5.97. The summed E-state index contributed by atoms with van der Waals surface area (Å²) in [5, 5.41) is 2.76. The number of nitrogens with one attached hydrogen (secondary N) is 1. The third kappa shape index (κ3) is 4.84. The molecular weight excluding hydrogens is 304 g/mol. The van der Waals surface area contributed by atoms with E-state index in [-0.39, 0.29) is 24.8 Å². The zero-order chi connectivity index (χ0) is 17.4. The predicted octanol–water partition coefficient (Wildman–Crippen LogP) is 2.47. The van der Waals surface area contributed by atoms with E-state index in [4.69, 9.17) is 4.74 Å². The molecule has 0 aliphatic carbocycles. The third-order valence-electron chi connectivity index (χ3n) is 3.66. The van der Waals surface area contributed by atoms with Crippen molar-refractivity contribution in [2.75, 3.05) is 20.7 Å². The van der Waals surface area contributed by atoms with E-state index in [9.17, 15) is 9.59 Å². The van der Waals surface area contributed by atoms with Crippen LogP contribution in [0.2, 0.25) is 0 Å². The van der Waals surface area contributed by atoms with E-state index in [1.807, 2.05) is 30.3 Å². The first-order chi connectivity index (χ1) is 11.6. The van der Waals surface area contributed by atoms with Crippen molar-refractivity contribution in [3.63, 3.8) is 0 Å². The van der Waals surface area contributed by atoms with Crippen LogP contribution in [0.15, 0.2) is 54.6 Å². The molecule has 0 aliphatic rings. The van der Waals surface area contributed by atoms with Gasteiger partial charge in [0.1, 0.15) is 5.75 Å². The van der Waals surface area contributed by atoms with Crippen LogP contribution in [0.5, 0.6) is 5.75 Å². The van der Waals surface area contributed by atoms with E-state index < -0.39 is 0 Å². The normalized spacial score (nSPS) is 10.1. The van der Waals surface area contributed by atoms with Crippen molar-refractivity contribution in [1.29, 1.82) is 0 Å². The summed E-state index contributed by atoms with van der Waals surface area (Å²) in [5.41, 5.74) is 1.54. The largest absolute Gasteiger partial charge is 0.496 e. The van der Waals surface area contributed by atoms with Crippen LogP contribution < -0.4 is 10.1 Å². The fraction of sp³-hybridized carbons (Fsp3) is 0.263. The number of carbonyl (C=O) groups excluding carboxylic acids is 2. The lowest BCUT2D eigenvalue weighted by atomic mass is 10.2. The van der Waals surface area contributed by atoms with Crippen LogP contribution >= 0.6 is 0 Å². The summed E-state index contributed by atoms with van der Waals surface area (Å²) in [6.07, 6.45) is 0.254. The Labute approximate surface area is 142 Å². The van der Waals surface area contributed by atoms with Gasteiger partial charge in [-0.05, 0) is 17.7 Å². The monoisotopic (exact) mass is 326 g/mol. The van der Waals surface area contributed by atoms with Crippen molar-refractivity contribution in [1.82, 2.24) is 10.2 Å². The second kappa shape index (κ2) is 8.72. The van der Waals surface area contributed by atoms with E-state index in [0.717, 1.165) is 5.56 Å². The molecule has 0 saturated heterocycles. The molecule has 0 bridgehead atoms. The maximum atomic E-state index is 12.2. The average Bonchev–Trinajstić information content (AvgIpc) is 2.62. The number of methoxy groups -OCH3 is 1. The first-order valence-electron chi connectivity index (χ1n) is 7.81. The maximum absolute atomic E-state index is 12.2. The first kappa shape index (κ1) is 17.5. The Morgan fingerprint density at radius 3 is 2.42 bits per heavy atom. The van der Waals surface area contributed by atoms with Gasteiger partial charge in [0.25, 0.3) is 5.91 Å². The van der Waals surface area contributed by atoms with E-state index in [1.165, 1.54) is 7.11 Å². The molecule has 0 aromatic heterocycles. The van der Waals surface area contributed by atoms with Gasteiger partial charge in [0.15, 0.2) is 0 Å². The molecule has 2 aromatic carbocycles. The minimum absolute atomic E-state index is 0.0146. The summed E-state index contributed by atoms with van der Waals surface area (Å²) in [6, 6.07) is 16.8. The highest BCUT2D eigenvalue weighted by Crippen LogP contribution is 2.16. The molecule has 2 amide bonds. The Morgan fingerprint density at radius 2 is 1.71 bits per heavy atom. The number of benzene rings is 2. The van der Waals surface area contributed by atoms with E-state index >= 15 is 0 Å². The van der Waals surface area contributed by atoms with Crippen LogP contribution in [0.3, 0.4) is 0 Å². The van der Waals surface area contributed by atoms with Gasteiger partial charge in [-0.15, -0.1) is 0 Å². The van der Waals surface area contributed by atoms with Crippen molar-refractivity contribution >= 4 is 11.8 Å². The Hall–Kier alpha value is -2.82. The van der Waals surface area contributed by atoms with Crippen LogP contribution in [0.25, 0.3) is 0 Å². The van der Waals surface area contributed by atoms with Crippen molar-refractivity contribution in [2.45, 2.75) is 13.0 Å². The molecular formula is C19H22N2O3. The smallest absolute Gasteiger partial charge is 0.255 e. The average molecular weight is 326 g/mol. The van der Waals surface area contributed by atoms with Crippen molar-refractivity contribution in [3.05, 3.63) is 65.7 Å². The molecule has 0 saturated carbocycles. The lowest BCUT2D eigenvalue weighted by Crippen LogP contribution is -2.32. The van der Waals surface area contributed by atoms with Crippen molar-refractivity contribution in [2.24, 2.45) is 0 Å². The molecule has 0 radical (unpaired) electrons. The number of hydrogen-bond acceptors (Lipinski definition) is 3. The molecule has 0 fully saturated rings. The van der Waals surface area contributed by atoms with Gasteiger partial charge in [-0.3, -0.25) is 9.59 Å². The number of rotatable bonds is 7. The fourth-order valence-electron chi connectivity index (χ4n) is 2.35. The Kier molecular flexibility index (Phi) is 6.37. The van der Waals surface area contributed by atoms with Crippen LogP contribution in [-0.2, 0) is 11.3 Å². The van der Waals surface area contributed by atoms with Crippen molar-refractivity contribution < 1.29 is 14.3 Å². The molecule has 2 rings (SSSR count). The summed E-state index contributed by atoms with van der Waals surface area (Å²) >= 11 is 0. The number of carbonyl (C=O) groups is 2. The van der Waals surface area contributed by atoms with E-state index in [2.05, 4.69) is 5.32 Å². The SMILES string of the molecule is COc1ccccc1C(=O)NCCC(=O)N(C)Cc1ccccc1. The Morgan fingerprint density at radius 1 is 1.04 bits per heavy atom. The summed E-state index contributed by atoms with van der Waals surface area (Å²) < 4.78 is 5.16. The fourth-order valence-corrected chi connectivity index (χ4v) is 2.35. The highest BCUT2D eigenvalue weighted by atomic mass is 16.5. The predicted molar refractivity (Wildman–Crippen MR) is 92.9 cm³/mol. The molecule has 0 aliphatic heterocycles. The molecule has 5 nitrogen and oxygen atoms in total. The van der Waals surface area contributed by atoms with Crippen LogP contribution in [-0.4, -0.2) is 37.4 Å². The third-order valence-corrected chi connectivity index (χ3v) is 3.66. The molecule has 0 heterocycles. The summed E-state index contributed by atoms with van der Waals surface area (Å²) in [7, 11) is 3.28. The van der Waals surface area contributed by atoms with Crippen molar-refractivity contribution in [3.8, 4) is 5.75 Å². The molecule has 0 atom stereocenters. The first-order valence-corrected chi connectivity index (χ1v) is 7.81. The van der Waals surface area contributed by atoms with Gasteiger partial charge in [-0.25, -0.2) is 0 Å². The molecule has 2 aromatic rings. The van der Waals surface area contributed by atoms with Gasteiger partial charge in [-0.1, -0.05) is 42.5 Å². The quantitative estimate of drug-likeness (QED) is 0.850. The molecule has 24 heavy (non-hydrogen) atoms. The van der Waals surface area contributed by atoms with Crippen LogP contribution in [0.1, 0.15) is 22.3 Å². The van der Waals surface area contributed by atoms with Gasteiger partial charge < -0.3 is 15.0 Å². The molecule has 126 valence electrons. The van der Waals surface area contributed by atoms with Gasteiger partial charge in [0.2, 0.25) is 5.91 Å².